The van der Waals surface area contributed by atoms with Crippen LogP contribution in [0.25, 0.3) is 33.8 Å². The van der Waals surface area contributed by atoms with E-state index in [-0.39, 0.29) is 6.04 Å². The van der Waals surface area contributed by atoms with Gasteiger partial charge in [-0.15, -0.1) is 0 Å². The van der Waals surface area contributed by atoms with Gasteiger partial charge in [0.1, 0.15) is 5.82 Å². The minimum Gasteiger partial charge on any atom is -0.377 e. The van der Waals surface area contributed by atoms with E-state index in [1.807, 2.05) is 59.0 Å². The molecule has 6 rings (SSSR count). The summed E-state index contributed by atoms with van der Waals surface area (Å²) in [5.74, 6) is 0.916. The molecule has 1 saturated heterocycles. The van der Waals surface area contributed by atoms with Gasteiger partial charge in [0.2, 0.25) is 0 Å². The number of H-pyrrole nitrogens is 1. The minimum absolute atomic E-state index is 0.230. The van der Waals surface area contributed by atoms with Crippen LogP contribution < -0.4 is 4.90 Å². The van der Waals surface area contributed by atoms with Crippen LogP contribution in [-0.4, -0.2) is 60.1 Å². The lowest BCUT2D eigenvalue weighted by atomic mass is 10.1. The number of aryl methyl sites for hydroxylation is 1. The van der Waals surface area contributed by atoms with Crippen LogP contribution in [0, 0.1) is 13.8 Å². The summed E-state index contributed by atoms with van der Waals surface area (Å²) in [4.78, 5) is 15.0. The molecule has 0 aliphatic carbocycles. The lowest BCUT2D eigenvalue weighted by Gasteiger charge is -2.34. The third-order valence-electron chi connectivity index (χ3n) is 6.45. The number of aromatic nitrogens is 7. The zero-order chi connectivity index (χ0) is 23.2. The quantitative estimate of drug-likeness (QED) is 0.444. The Bertz CT molecular complexity index is 1450. The third kappa shape index (κ3) is 3.28. The van der Waals surface area contributed by atoms with Gasteiger partial charge in [-0.05, 0) is 45.0 Å². The highest BCUT2D eigenvalue weighted by Crippen LogP contribution is 2.34. The number of pyridine rings is 1. The maximum Gasteiger partial charge on any atom is 0.167 e. The molecule has 0 aromatic carbocycles. The van der Waals surface area contributed by atoms with Crippen LogP contribution in [0.1, 0.15) is 18.3 Å². The summed E-state index contributed by atoms with van der Waals surface area (Å²) in [6.07, 6.45) is 7.38. The van der Waals surface area contributed by atoms with Crippen LogP contribution in [-0.2, 0) is 4.74 Å². The first-order valence-corrected chi connectivity index (χ1v) is 11.5. The van der Waals surface area contributed by atoms with Gasteiger partial charge in [0.05, 0.1) is 65.7 Å². The van der Waals surface area contributed by atoms with Crippen LogP contribution in [0.4, 0.5) is 5.82 Å². The van der Waals surface area contributed by atoms with Crippen LogP contribution >= 0.6 is 0 Å². The lowest BCUT2D eigenvalue weighted by Crippen LogP contribution is -2.44. The summed E-state index contributed by atoms with van der Waals surface area (Å²) >= 11 is 0. The number of hydrogen-bond donors (Lipinski definition) is 1. The van der Waals surface area contributed by atoms with Crippen LogP contribution in [0.3, 0.4) is 0 Å². The van der Waals surface area contributed by atoms with Crippen LogP contribution in [0.5, 0.6) is 0 Å². The molecule has 1 N–H and O–H groups in total. The Hall–Kier alpha value is -3.98. The van der Waals surface area contributed by atoms with Gasteiger partial charge in [0, 0.05) is 30.6 Å². The lowest BCUT2D eigenvalue weighted by molar-refractivity contribution is 0.0985. The first-order chi connectivity index (χ1) is 16.6. The maximum atomic E-state index is 5.68. The Labute approximate surface area is 197 Å². The van der Waals surface area contributed by atoms with Crippen molar-refractivity contribution in [2.45, 2.75) is 26.8 Å². The van der Waals surface area contributed by atoms with E-state index in [4.69, 9.17) is 19.9 Å². The Balaban J connectivity index is 1.60. The van der Waals surface area contributed by atoms with Crippen molar-refractivity contribution < 1.29 is 4.74 Å². The molecule has 0 radical (unpaired) electrons. The highest BCUT2D eigenvalue weighted by molar-refractivity contribution is 5.80. The van der Waals surface area contributed by atoms with Gasteiger partial charge in [-0.3, -0.25) is 4.98 Å². The Morgan fingerprint density at radius 3 is 2.82 bits per heavy atom. The summed E-state index contributed by atoms with van der Waals surface area (Å²) in [5, 5.41) is 9.61. The smallest absolute Gasteiger partial charge is 0.167 e. The van der Waals surface area contributed by atoms with Crippen LogP contribution in [0.15, 0.2) is 55.1 Å². The van der Waals surface area contributed by atoms with Gasteiger partial charge in [0.15, 0.2) is 5.65 Å². The Morgan fingerprint density at radius 2 is 2.06 bits per heavy atom. The van der Waals surface area contributed by atoms with Crippen molar-refractivity contribution in [3.63, 3.8) is 0 Å². The summed E-state index contributed by atoms with van der Waals surface area (Å²) in [6, 6.07) is 10.3. The van der Waals surface area contributed by atoms with Crippen molar-refractivity contribution in [2.24, 2.45) is 0 Å². The monoisotopic (exact) mass is 454 g/mol. The summed E-state index contributed by atoms with van der Waals surface area (Å²) in [6.45, 7) is 8.45. The molecule has 0 unspecified atom stereocenters. The predicted molar refractivity (Wildman–Crippen MR) is 130 cm³/mol. The molecule has 0 amide bonds. The first kappa shape index (κ1) is 20.6. The Morgan fingerprint density at radius 1 is 1.15 bits per heavy atom. The Kier molecular flexibility index (Phi) is 4.91. The zero-order valence-electron chi connectivity index (χ0n) is 19.4. The fourth-order valence-corrected chi connectivity index (χ4v) is 4.77. The molecule has 0 spiro atoms. The minimum atomic E-state index is 0.230. The van der Waals surface area contributed by atoms with E-state index < -0.39 is 0 Å². The molecule has 6 heterocycles. The van der Waals surface area contributed by atoms with Crippen molar-refractivity contribution in [1.29, 1.82) is 0 Å². The van der Waals surface area contributed by atoms with Crippen molar-refractivity contribution >= 4 is 11.5 Å². The largest absolute Gasteiger partial charge is 0.377 e. The van der Waals surface area contributed by atoms with E-state index in [2.05, 4.69) is 34.8 Å². The van der Waals surface area contributed by atoms with Gasteiger partial charge in [-0.25, -0.2) is 14.2 Å². The number of nitrogens with one attached hydrogen (secondary N) is 1. The molecule has 0 bridgehead atoms. The first-order valence-electron chi connectivity index (χ1n) is 11.5. The average Bonchev–Trinajstić information content (AvgIpc) is 3.58. The molecule has 1 atom stereocenters. The second-order valence-electron chi connectivity index (χ2n) is 8.66. The summed E-state index contributed by atoms with van der Waals surface area (Å²) < 4.78 is 9.55. The summed E-state index contributed by atoms with van der Waals surface area (Å²) in [7, 11) is 0. The van der Waals surface area contributed by atoms with E-state index in [0.29, 0.717) is 13.2 Å². The highest BCUT2D eigenvalue weighted by Gasteiger charge is 2.25. The van der Waals surface area contributed by atoms with Crippen LogP contribution in [0.2, 0.25) is 0 Å². The van der Waals surface area contributed by atoms with E-state index >= 15 is 0 Å². The molecule has 172 valence electrons. The molecule has 5 aromatic heterocycles. The number of morpholine rings is 1. The number of nitrogens with zero attached hydrogens (tertiary/aromatic N) is 7. The number of fused-ring (bicyclic) bond motifs is 1. The van der Waals surface area contributed by atoms with Gasteiger partial charge in [0.25, 0.3) is 0 Å². The molecule has 34 heavy (non-hydrogen) atoms. The fraction of sp³-hybridized carbons (Fsp3) is 0.280. The standard InChI is InChI=1S/C25H26N8O/c1-16-15-34-11-10-31(16)23-12-22(33-25(29-23)20(14-28-33)21-7-5-9-27-21)24-17(2)30-32(18(24)3)19-6-4-8-26-13-19/h4-9,12-14,16,27H,10-11,15H2,1-3H3/t16-/m1/s1. The molecule has 5 aromatic rings. The van der Waals surface area contributed by atoms with Gasteiger partial charge >= 0.3 is 0 Å². The highest BCUT2D eigenvalue weighted by atomic mass is 16.5. The number of hydrogen-bond acceptors (Lipinski definition) is 6. The van der Waals surface area contributed by atoms with Gasteiger partial charge in [-0.2, -0.15) is 10.2 Å². The third-order valence-corrected chi connectivity index (χ3v) is 6.45. The molecule has 0 saturated carbocycles. The van der Waals surface area contributed by atoms with Crippen molar-refractivity contribution in [2.75, 3.05) is 24.7 Å². The second kappa shape index (κ2) is 8.11. The molecular weight excluding hydrogens is 428 g/mol. The number of rotatable bonds is 4. The van der Waals surface area contributed by atoms with Crippen molar-refractivity contribution in [3.8, 4) is 28.2 Å². The van der Waals surface area contributed by atoms with Crippen molar-refractivity contribution in [3.05, 3.63) is 66.5 Å². The van der Waals surface area contributed by atoms with Gasteiger partial charge in [-0.1, -0.05) is 0 Å². The van der Waals surface area contributed by atoms with E-state index in [1.165, 1.54) is 0 Å². The van der Waals surface area contributed by atoms with E-state index in [1.54, 1.807) is 6.20 Å². The second-order valence-corrected chi connectivity index (χ2v) is 8.66. The molecule has 1 aliphatic rings. The van der Waals surface area contributed by atoms with E-state index in [9.17, 15) is 0 Å². The maximum absolute atomic E-state index is 5.68. The predicted octanol–water partition coefficient (Wildman–Crippen LogP) is 3.81. The average molecular weight is 455 g/mol. The SMILES string of the molecule is Cc1nn(-c2cccnc2)c(C)c1-c1cc(N2CCOC[C@H]2C)nc2c(-c3ccc[nH]3)cnn12. The zero-order valence-corrected chi connectivity index (χ0v) is 19.4. The van der Waals surface area contributed by atoms with Crippen molar-refractivity contribution in [1.82, 2.24) is 34.3 Å². The molecule has 9 heteroatoms. The molecule has 1 aliphatic heterocycles. The normalized spacial score (nSPS) is 16.4. The molecular formula is C25H26N8O. The molecule has 1 fully saturated rings. The number of anilines is 1. The van der Waals surface area contributed by atoms with E-state index in [0.717, 1.165) is 57.6 Å². The summed E-state index contributed by atoms with van der Waals surface area (Å²) in [5.41, 5.74) is 7.63. The molecule has 9 nitrogen and oxygen atoms in total. The number of ether oxygens (including phenoxy) is 1. The van der Waals surface area contributed by atoms with Gasteiger partial charge < -0.3 is 14.6 Å². The number of aromatic amines is 1. The topological polar surface area (TPSA) is 89.2 Å². The fourth-order valence-electron chi connectivity index (χ4n) is 4.77.